The molecule has 0 bridgehead atoms. The molecule has 2 heterocycles. The van der Waals surface area contributed by atoms with E-state index in [0.29, 0.717) is 69.9 Å². The highest BCUT2D eigenvalue weighted by Crippen LogP contribution is 2.58. The number of sulfonamides is 1. The predicted octanol–water partition coefficient (Wildman–Crippen LogP) is 4.21. The smallest absolute Gasteiger partial charge is 0.243 e. The number of aliphatic hydroxyl groups is 1. The summed E-state index contributed by atoms with van der Waals surface area (Å²) in [5.41, 5.74) is -0.250. The van der Waals surface area contributed by atoms with Gasteiger partial charge >= 0.3 is 0 Å². The van der Waals surface area contributed by atoms with Crippen LogP contribution in [0, 0.1) is 17.0 Å². The van der Waals surface area contributed by atoms with Gasteiger partial charge in [-0.05, 0) is 79.5 Å². The zero-order chi connectivity index (χ0) is 27.8. The molecular weight excluding hydrogens is 548 g/mol. The predicted molar refractivity (Wildman–Crippen MR) is 144 cm³/mol. The average molecular weight is 582 g/mol. The third-order valence-corrected chi connectivity index (χ3v) is 10.7. The quantitative estimate of drug-likeness (QED) is 0.505. The van der Waals surface area contributed by atoms with Crippen molar-refractivity contribution < 1.29 is 27.1 Å². The first-order valence-electron chi connectivity index (χ1n) is 13.5. The first-order chi connectivity index (χ1) is 18.6. The van der Waals surface area contributed by atoms with Crippen LogP contribution in [0.4, 0.5) is 8.78 Å². The fourth-order valence-corrected chi connectivity index (χ4v) is 8.34. The molecule has 1 aliphatic carbocycles. The molecule has 2 aromatic carbocycles. The van der Waals surface area contributed by atoms with Crippen molar-refractivity contribution >= 4 is 27.5 Å². The molecule has 0 unspecified atom stereocenters. The summed E-state index contributed by atoms with van der Waals surface area (Å²) in [5.74, 6) is -1.51. The third kappa shape index (κ3) is 6.00. The van der Waals surface area contributed by atoms with E-state index in [4.69, 9.17) is 11.6 Å². The van der Waals surface area contributed by atoms with Crippen LogP contribution in [-0.2, 0) is 14.8 Å². The molecular formula is C28H34ClF2N3O4S. The lowest BCUT2D eigenvalue weighted by Crippen LogP contribution is -2.53. The molecule has 39 heavy (non-hydrogen) atoms. The third-order valence-electron chi connectivity index (χ3n) is 8.47. The van der Waals surface area contributed by atoms with Gasteiger partial charge in [-0.1, -0.05) is 11.6 Å². The Balaban J connectivity index is 1.46. The molecule has 11 heteroatoms. The van der Waals surface area contributed by atoms with Gasteiger partial charge in [0.05, 0.1) is 17.5 Å². The molecule has 0 radical (unpaired) electrons. The van der Waals surface area contributed by atoms with Crippen molar-refractivity contribution in [3.63, 3.8) is 0 Å². The van der Waals surface area contributed by atoms with Gasteiger partial charge < -0.3 is 10.0 Å². The minimum atomic E-state index is -4.09. The zero-order valence-corrected chi connectivity index (χ0v) is 23.3. The number of carbonyl (C=O) groups is 1. The zero-order valence-electron chi connectivity index (χ0n) is 21.7. The van der Waals surface area contributed by atoms with Gasteiger partial charge in [0, 0.05) is 56.3 Å². The lowest BCUT2D eigenvalue weighted by Gasteiger charge is -2.45. The molecule has 2 saturated heterocycles. The minimum Gasteiger partial charge on any atom is -0.395 e. The summed E-state index contributed by atoms with van der Waals surface area (Å²) in [6.07, 6.45) is 3.32. The van der Waals surface area contributed by atoms with Crippen LogP contribution in [0.5, 0.6) is 0 Å². The lowest BCUT2D eigenvalue weighted by atomic mass is 9.82. The maximum absolute atomic E-state index is 14.3. The van der Waals surface area contributed by atoms with Crippen LogP contribution in [-0.4, -0.2) is 78.9 Å². The molecule has 7 nitrogen and oxygen atoms in total. The molecule has 1 saturated carbocycles. The number of halogens is 3. The Labute approximate surface area is 233 Å². The molecule has 2 aliphatic heterocycles. The topological polar surface area (TPSA) is 81.2 Å². The summed E-state index contributed by atoms with van der Waals surface area (Å²) >= 11 is 6.03. The van der Waals surface area contributed by atoms with Gasteiger partial charge in [0.15, 0.2) is 0 Å². The Morgan fingerprint density at radius 3 is 2.23 bits per heavy atom. The second-order valence-electron chi connectivity index (χ2n) is 10.9. The van der Waals surface area contributed by atoms with Crippen LogP contribution in [0.1, 0.15) is 50.1 Å². The van der Waals surface area contributed by atoms with E-state index in [-0.39, 0.29) is 29.4 Å². The number of piperidine rings is 1. The van der Waals surface area contributed by atoms with Gasteiger partial charge in [-0.2, -0.15) is 4.31 Å². The Morgan fingerprint density at radius 2 is 1.64 bits per heavy atom. The molecule has 0 aromatic heterocycles. The molecule has 212 valence electrons. The van der Waals surface area contributed by atoms with Gasteiger partial charge in [0.25, 0.3) is 0 Å². The fourth-order valence-electron chi connectivity index (χ4n) is 6.26. The number of carbonyl (C=O) groups excluding carboxylic acids is 1. The van der Waals surface area contributed by atoms with Crippen molar-refractivity contribution in [3.05, 3.63) is 64.7 Å². The SMILES string of the molecule is O=C(CC1([C@@H]2CCC[C@H](c3cc(F)cc(F)c3)N2S(=O)(=O)c2ccc(Cl)cc2)CC1)N1CCN(CCO)CC1. The van der Waals surface area contributed by atoms with E-state index in [1.165, 1.54) is 40.7 Å². The Kier molecular flexibility index (Phi) is 8.31. The van der Waals surface area contributed by atoms with E-state index in [1.807, 2.05) is 4.90 Å². The Bertz CT molecular complexity index is 1280. The largest absolute Gasteiger partial charge is 0.395 e. The summed E-state index contributed by atoms with van der Waals surface area (Å²) in [7, 11) is -4.09. The van der Waals surface area contributed by atoms with Crippen molar-refractivity contribution in [1.82, 2.24) is 14.1 Å². The van der Waals surface area contributed by atoms with E-state index >= 15 is 0 Å². The summed E-state index contributed by atoms with van der Waals surface area (Å²) < 4.78 is 58.4. The van der Waals surface area contributed by atoms with Crippen molar-refractivity contribution in [2.24, 2.45) is 5.41 Å². The number of benzene rings is 2. The number of aliphatic hydroxyl groups excluding tert-OH is 1. The van der Waals surface area contributed by atoms with E-state index in [0.717, 1.165) is 6.07 Å². The second-order valence-corrected chi connectivity index (χ2v) is 13.2. The Hall–Kier alpha value is -2.11. The molecule has 3 fully saturated rings. The van der Waals surface area contributed by atoms with Gasteiger partial charge in [0.2, 0.25) is 15.9 Å². The number of hydrogen-bond acceptors (Lipinski definition) is 5. The fraction of sp³-hybridized carbons (Fsp3) is 0.536. The summed E-state index contributed by atoms with van der Waals surface area (Å²) in [4.78, 5) is 17.4. The van der Waals surface area contributed by atoms with Crippen LogP contribution in [0.15, 0.2) is 47.4 Å². The molecule has 1 amide bonds. The van der Waals surface area contributed by atoms with Crippen molar-refractivity contribution in [1.29, 1.82) is 0 Å². The summed E-state index contributed by atoms with van der Waals surface area (Å²) in [6.45, 7) is 3.16. The second kappa shape index (κ2) is 11.4. The van der Waals surface area contributed by atoms with Crippen LogP contribution in [0.25, 0.3) is 0 Å². The monoisotopic (exact) mass is 581 g/mol. The highest BCUT2D eigenvalue weighted by Gasteiger charge is 2.57. The van der Waals surface area contributed by atoms with Crippen LogP contribution in [0.2, 0.25) is 5.02 Å². The van der Waals surface area contributed by atoms with Crippen LogP contribution in [0.3, 0.4) is 0 Å². The number of rotatable bonds is 8. The van der Waals surface area contributed by atoms with Crippen molar-refractivity contribution in [3.8, 4) is 0 Å². The van der Waals surface area contributed by atoms with Gasteiger partial charge in [-0.25, -0.2) is 17.2 Å². The molecule has 2 aromatic rings. The maximum Gasteiger partial charge on any atom is 0.243 e. The van der Waals surface area contributed by atoms with E-state index < -0.39 is 39.2 Å². The molecule has 5 rings (SSSR count). The molecule has 3 aliphatic rings. The van der Waals surface area contributed by atoms with Crippen molar-refractivity contribution in [2.75, 3.05) is 39.3 Å². The molecule has 0 spiro atoms. The summed E-state index contributed by atoms with van der Waals surface area (Å²) in [6, 6.07) is 7.87. The highest BCUT2D eigenvalue weighted by molar-refractivity contribution is 7.89. The number of amides is 1. The number of β-amino-alcohol motifs (C(OH)–C–C–N with tert-alkyl or cyclic N) is 1. The van der Waals surface area contributed by atoms with Gasteiger partial charge in [-0.3, -0.25) is 9.69 Å². The maximum atomic E-state index is 14.3. The molecule has 2 atom stereocenters. The normalized spacial score (nSPS) is 24.1. The number of hydrogen-bond donors (Lipinski definition) is 1. The standard InChI is InChI=1S/C28H34ClF2N3O4S/c29-21-4-6-24(7-5-21)39(37,38)34-25(20-16-22(30)18-23(31)17-20)2-1-3-26(34)28(8-9-28)19-27(36)33-12-10-32(11-13-33)14-15-35/h4-7,16-18,25-26,35H,1-3,8-15,19H2/t25-,26+/m1/s1. The van der Waals surface area contributed by atoms with Crippen LogP contribution >= 0.6 is 11.6 Å². The average Bonchev–Trinajstić information content (AvgIpc) is 3.69. The van der Waals surface area contributed by atoms with E-state index in [2.05, 4.69) is 4.90 Å². The van der Waals surface area contributed by atoms with Gasteiger partial charge in [-0.15, -0.1) is 0 Å². The highest BCUT2D eigenvalue weighted by atomic mass is 35.5. The molecule has 1 N–H and O–H groups in total. The van der Waals surface area contributed by atoms with E-state index in [1.54, 1.807) is 0 Å². The lowest BCUT2D eigenvalue weighted by molar-refractivity contribution is -0.135. The first kappa shape index (κ1) is 28.4. The van der Waals surface area contributed by atoms with Crippen molar-refractivity contribution in [2.45, 2.75) is 55.5 Å². The van der Waals surface area contributed by atoms with Crippen LogP contribution < -0.4 is 0 Å². The minimum absolute atomic E-state index is 0.00101. The number of piperazine rings is 1. The van der Waals surface area contributed by atoms with Gasteiger partial charge in [0.1, 0.15) is 11.6 Å². The number of nitrogens with zero attached hydrogens (tertiary/aromatic N) is 3. The first-order valence-corrected chi connectivity index (χ1v) is 15.3. The Morgan fingerprint density at radius 1 is 1.00 bits per heavy atom. The summed E-state index contributed by atoms with van der Waals surface area (Å²) in [5, 5.41) is 9.59. The van der Waals surface area contributed by atoms with E-state index in [9.17, 15) is 27.1 Å².